The molecule has 0 radical (unpaired) electrons. The summed E-state index contributed by atoms with van der Waals surface area (Å²) in [6.07, 6.45) is 0. The quantitative estimate of drug-likeness (QED) is 0.0415. The minimum absolute atomic E-state index is 0.172. The van der Waals surface area contributed by atoms with Gasteiger partial charge < -0.3 is 37.9 Å². The maximum absolute atomic E-state index is 16.6. The Balaban J connectivity index is 0.000000637. The van der Waals surface area contributed by atoms with Crippen LogP contribution in [0.25, 0.3) is 42.5 Å². The molecule has 0 atom stereocenters. The summed E-state index contributed by atoms with van der Waals surface area (Å²) in [4.78, 5) is 1.26. The lowest BCUT2D eigenvalue weighted by molar-refractivity contribution is -0.254. The number of allylic oxidation sites excluding steroid dienone is 2. The molecule has 7 rings (SSSR count). The number of hydrogen-bond donors (Lipinski definition) is 0. The molecule has 16 heteroatoms. The Morgan fingerprint density at radius 3 is 1.22 bits per heavy atom. The van der Waals surface area contributed by atoms with Crippen molar-refractivity contribution in [1.82, 2.24) is 0 Å². The van der Waals surface area contributed by atoms with Gasteiger partial charge in [0.15, 0.2) is 0 Å². The monoisotopic (exact) mass is 1200 g/mol. The first-order valence-electron chi connectivity index (χ1n) is 28.0. The summed E-state index contributed by atoms with van der Waals surface area (Å²) < 4.78 is 141. The second-order valence-electron chi connectivity index (χ2n) is 23.1. The first-order chi connectivity index (χ1) is 39.0. The van der Waals surface area contributed by atoms with Crippen molar-refractivity contribution in [3.05, 3.63) is 154 Å². The second kappa shape index (κ2) is 30.1. The zero-order valence-corrected chi connectivity index (χ0v) is 52.7. The summed E-state index contributed by atoms with van der Waals surface area (Å²) in [7, 11) is 4.85. The lowest BCUT2D eigenvalue weighted by atomic mass is 9.86. The molecule has 8 nitrogen and oxygen atoms in total. The van der Waals surface area contributed by atoms with Crippen molar-refractivity contribution in [2.75, 3.05) is 94.0 Å². The first-order valence-corrected chi connectivity index (χ1v) is 29.6. The molecular formula is C67H86F6O8S2. The molecule has 2 heterocycles. The zero-order chi connectivity index (χ0) is 61.4. The van der Waals surface area contributed by atoms with Crippen molar-refractivity contribution in [2.24, 2.45) is 0 Å². The van der Waals surface area contributed by atoms with Crippen molar-refractivity contribution < 1.29 is 64.2 Å². The van der Waals surface area contributed by atoms with E-state index >= 15 is 26.3 Å². The van der Waals surface area contributed by atoms with Crippen LogP contribution in [0.5, 0.6) is 0 Å². The van der Waals surface area contributed by atoms with Gasteiger partial charge in [-0.15, -0.1) is 22.7 Å². The van der Waals surface area contributed by atoms with Crippen molar-refractivity contribution in [1.29, 1.82) is 0 Å². The minimum Gasteiger partial charge on any atom is -0.382 e. The fourth-order valence-electron chi connectivity index (χ4n) is 9.02. The van der Waals surface area contributed by atoms with Gasteiger partial charge in [0.2, 0.25) is 0 Å². The summed E-state index contributed by atoms with van der Waals surface area (Å²) in [6, 6.07) is 34.8. The molecular weight excluding hydrogens is 1110 g/mol. The van der Waals surface area contributed by atoms with Crippen LogP contribution in [0.15, 0.2) is 115 Å². The van der Waals surface area contributed by atoms with Gasteiger partial charge in [-0.3, -0.25) is 0 Å². The van der Waals surface area contributed by atoms with E-state index in [2.05, 4.69) is 51.1 Å². The molecule has 456 valence electrons. The maximum atomic E-state index is 16.6. The van der Waals surface area contributed by atoms with Gasteiger partial charge in [0.25, 0.3) is 0 Å². The van der Waals surface area contributed by atoms with E-state index in [-0.39, 0.29) is 26.3 Å². The van der Waals surface area contributed by atoms with Crippen molar-refractivity contribution >= 4 is 33.8 Å². The molecule has 1 aliphatic rings. The van der Waals surface area contributed by atoms with E-state index in [4.69, 9.17) is 37.9 Å². The molecule has 83 heavy (non-hydrogen) atoms. The highest BCUT2D eigenvalue weighted by Gasteiger charge is 2.80. The van der Waals surface area contributed by atoms with Gasteiger partial charge >= 0.3 is 17.8 Å². The van der Waals surface area contributed by atoms with Gasteiger partial charge in [0, 0.05) is 64.2 Å². The van der Waals surface area contributed by atoms with E-state index in [1.807, 2.05) is 91.8 Å². The normalized spacial score (nSPS) is 15.0. The van der Waals surface area contributed by atoms with E-state index < -0.39 is 40.1 Å². The number of alkyl halides is 6. The third-order valence-electron chi connectivity index (χ3n) is 14.1. The molecule has 0 fully saturated rings. The lowest BCUT2D eigenvalue weighted by Crippen LogP contribution is -2.48. The number of aryl methyl sites for hydroxylation is 1. The highest BCUT2D eigenvalue weighted by atomic mass is 32.1. The molecule has 1 aliphatic carbocycles. The summed E-state index contributed by atoms with van der Waals surface area (Å²) in [5.74, 6) is -16.2. The molecule has 2 aromatic heterocycles. The lowest BCUT2D eigenvalue weighted by Gasteiger charge is -2.26. The van der Waals surface area contributed by atoms with Gasteiger partial charge in [-0.2, -0.15) is 26.3 Å². The number of hydrogen-bond acceptors (Lipinski definition) is 10. The third kappa shape index (κ3) is 17.7. The fraction of sp³-hybridized carbons (Fsp3) is 0.493. The summed E-state index contributed by atoms with van der Waals surface area (Å²) in [6.45, 7) is 29.3. The number of thiophene rings is 2. The number of ether oxygens (including phenoxy) is 8. The van der Waals surface area contributed by atoms with Gasteiger partial charge in [0.05, 0.1) is 77.3 Å². The van der Waals surface area contributed by atoms with Crippen LogP contribution in [0.2, 0.25) is 0 Å². The summed E-state index contributed by atoms with van der Waals surface area (Å²) in [5.41, 5.74) is 0.752. The Hall–Kier alpha value is -4.72. The summed E-state index contributed by atoms with van der Waals surface area (Å²) in [5, 5.41) is 0. The largest absolute Gasteiger partial charge is 0.382 e. The highest BCUT2D eigenvalue weighted by Crippen LogP contribution is 2.67. The second-order valence-corrected chi connectivity index (χ2v) is 25.4. The van der Waals surface area contributed by atoms with Gasteiger partial charge in [0.1, 0.15) is 0 Å². The van der Waals surface area contributed by atoms with Crippen LogP contribution >= 0.6 is 22.7 Å². The van der Waals surface area contributed by atoms with E-state index in [1.165, 1.54) is 24.6 Å². The molecule has 0 N–H and O–H groups in total. The van der Waals surface area contributed by atoms with Crippen molar-refractivity contribution in [2.45, 2.75) is 123 Å². The average molecular weight is 1200 g/mol. The molecule has 0 bridgehead atoms. The SMILES string of the molecule is CC(C)(C)c1ccccc1.CCOCCOC.COCCOCCOCCOC(C)(C)c1ccc(-c2cc(C3=C(c4cc(-c5ccc(C(C)(C)OCCOC)cc5)sc4-c4ccc(C(C)(C)C)cc4)C(F)(F)C(F)(F)C3(F)F)c(C)s2)cc1. The van der Waals surface area contributed by atoms with Crippen LogP contribution in [0.1, 0.15) is 114 Å². The summed E-state index contributed by atoms with van der Waals surface area (Å²) >= 11 is 2.16. The standard InChI is InChI=1S/C52H60F6O6S2.C10H14.C5H12O2/c1-33-40(31-42(65-33)34-11-19-39(20-12-34)49(7,8)64-30-28-62-27-26-61-25-23-59-9)44-45(51(55,56)52(57,58)50(44,53)54)41-32-43(66-46(41)36-15-17-37(18-16-36)47(2,3)4)35-13-21-38(22-14-35)48(5,6)63-29-24-60-10;1-10(2,3)9-7-5-4-6-8-9;1-3-7-5-4-6-2/h11-22,31-32H,23-30H2,1-10H3;4-8H,1-3H3;3-5H2,1-2H3. The molecule has 0 amide bonds. The minimum atomic E-state index is -5.74. The molecule has 0 spiro atoms. The molecule has 0 aliphatic heterocycles. The van der Waals surface area contributed by atoms with Gasteiger partial charge in [-0.25, -0.2) is 0 Å². The van der Waals surface area contributed by atoms with Crippen molar-refractivity contribution in [3.8, 4) is 31.3 Å². The predicted molar refractivity (Wildman–Crippen MR) is 327 cm³/mol. The van der Waals surface area contributed by atoms with Gasteiger partial charge in [-0.1, -0.05) is 145 Å². The Bertz CT molecular complexity index is 2930. The number of methoxy groups -OCH3 is 3. The van der Waals surface area contributed by atoms with Crippen LogP contribution in [-0.2, 0) is 59.9 Å². The Morgan fingerprint density at radius 1 is 0.410 bits per heavy atom. The van der Waals surface area contributed by atoms with Crippen LogP contribution in [0.3, 0.4) is 0 Å². The van der Waals surface area contributed by atoms with E-state index in [0.29, 0.717) is 97.9 Å². The third-order valence-corrected chi connectivity index (χ3v) is 16.5. The van der Waals surface area contributed by atoms with Gasteiger partial charge in [-0.05, 0) is 109 Å². The van der Waals surface area contributed by atoms with E-state index in [9.17, 15) is 0 Å². The first kappa shape index (κ1) is 69.1. The molecule has 0 saturated heterocycles. The smallest absolute Gasteiger partial charge is 0.380 e. The molecule has 0 unspecified atom stereocenters. The number of rotatable bonds is 25. The van der Waals surface area contributed by atoms with E-state index in [0.717, 1.165) is 46.0 Å². The van der Waals surface area contributed by atoms with Crippen LogP contribution in [0, 0.1) is 6.92 Å². The highest BCUT2D eigenvalue weighted by molar-refractivity contribution is 7.19. The Labute approximate surface area is 497 Å². The van der Waals surface area contributed by atoms with Crippen LogP contribution < -0.4 is 0 Å². The molecule has 0 saturated carbocycles. The van der Waals surface area contributed by atoms with Crippen LogP contribution in [0.4, 0.5) is 26.3 Å². The predicted octanol–water partition coefficient (Wildman–Crippen LogP) is 17.7. The Kier molecular flexibility index (Phi) is 25.0. The maximum Gasteiger partial charge on any atom is 0.380 e. The van der Waals surface area contributed by atoms with Crippen molar-refractivity contribution in [3.63, 3.8) is 0 Å². The fourth-order valence-corrected chi connectivity index (χ4v) is 11.2. The Morgan fingerprint density at radius 2 is 0.771 bits per heavy atom. The molecule has 6 aromatic rings. The average Bonchev–Trinajstić information content (AvgIpc) is 1.57. The zero-order valence-electron chi connectivity index (χ0n) is 51.1. The number of halogens is 6. The molecule has 4 aromatic carbocycles. The van der Waals surface area contributed by atoms with Crippen LogP contribution in [-0.4, -0.2) is 112 Å². The topological polar surface area (TPSA) is 73.8 Å². The number of benzene rings is 4. The van der Waals surface area contributed by atoms with E-state index in [1.54, 1.807) is 57.7 Å².